The van der Waals surface area contributed by atoms with Crippen molar-refractivity contribution >= 4 is 46.2 Å². The molecule has 1 fully saturated rings. The fourth-order valence-corrected chi connectivity index (χ4v) is 3.77. The van der Waals surface area contributed by atoms with E-state index in [0.29, 0.717) is 17.7 Å². The lowest BCUT2D eigenvalue weighted by Crippen LogP contribution is -2.54. The highest BCUT2D eigenvalue weighted by molar-refractivity contribution is 14.1. The van der Waals surface area contributed by atoms with E-state index < -0.39 is 11.5 Å². The number of halogens is 1. The zero-order valence-corrected chi connectivity index (χ0v) is 12.5. The standard InChI is InChI=1S/C12H12INO3S/c13-9-4-2-1-3-8(9)10(15)14-12(11(16)17)5-6-18-7-12/h1-4H,5-7H2,(H,14,15)(H,16,17). The monoisotopic (exact) mass is 377 g/mol. The Hall–Kier alpha value is -0.760. The van der Waals surface area contributed by atoms with Crippen molar-refractivity contribution in [2.75, 3.05) is 11.5 Å². The minimum absolute atomic E-state index is 0.315. The molecule has 0 aliphatic carbocycles. The van der Waals surface area contributed by atoms with Gasteiger partial charge in [0.2, 0.25) is 0 Å². The van der Waals surface area contributed by atoms with Crippen molar-refractivity contribution in [3.8, 4) is 0 Å². The van der Waals surface area contributed by atoms with E-state index in [2.05, 4.69) is 27.9 Å². The van der Waals surface area contributed by atoms with E-state index in [4.69, 9.17) is 0 Å². The van der Waals surface area contributed by atoms with Crippen LogP contribution >= 0.6 is 34.4 Å². The summed E-state index contributed by atoms with van der Waals surface area (Å²) >= 11 is 3.62. The van der Waals surface area contributed by atoms with Crippen LogP contribution in [0, 0.1) is 3.57 Å². The molecule has 1 heterocycles. The fourth-order valence-electron chi connectivity index (χ4n) is 1.82. The Morgan fingerprint density at radius 3 is 2.67 bits per heavy atom. The number of hydrogen-bond donors (Lipinski definition) is 2. The van der Waals surface area contributed by atoms with Crippen LogP contribution < -0.4 is 5.32 Å². The number of aliphatic carboxylic acids is 1. The second-order valence-electron chi connectivity index (χ2n) is 4.12. The maximum atomic E-state index is 12.1. The van der Waals surface area contributed by atoms with Crippen molar-refractivity contribution in [2.45, 2.75) is 12.0 Å². The molecule has 0 aromatic heterocycles. The first kappa shape index (κ1) is 13.7. The molecule has 1 amide bonds. The number of carboxylic acids is 1. The Bertz CT molecular complexity index is 486. The van der Waals surface area contributed by atoms with Crippen molar-refractivity contribution in [1.82, 2.24) is 5.32 Å². The normalized spacial score (nSPS) is 22.7. The number of carboxylic acid groups (broad SMARTS) is 1. The summed E-state index contributed by atoms with van der Waals surface area (Å²) in [6.45, 7) is 0. The molecule has 0 spiro atoms. The van der Waals surface area contributed by atoms with Gasteiger partial charge in [-0.15, -0.1) is 0 Å². The number of nitrogens with one attached hydrogen (secondary N) is 1. The second kappa shape index (κ2) is 5.48. The zero-order chi connectivity index (χ0) is 13.2. The molecular weight excluding hydrogens is 365 g/mol. The SMILES string of the molecule is O=C(NC1(C(=O)O)CCSC1)c1ccccc1I. The van der Waals surface area contributed by atoms with Gasteiger partial charge in [0, 0.05) is 9.32 Å². The van der Waals surface area contributed by atoms with Crippen molar-refractivity contribution < 1.29 is 14.7 Å². The Labute approximate surface area is 123 Å². The topological polar surface area (TPSA) is 66.4 Å². The Kier molecular flexibility index (Phi) is 4.16. The number of carbonyl (C=O) groups excluding carboxylic acids is 1. The van der Waals surface area contributed by atoms with E-state index in [9.17, 15) is 14.7 Å². The van der Waals surface area contributed by atoms with E-state index in [-0.39, 0.29) is 5.91 Å². The van der Waals surface area contributed by atoms with E-state index in [0.717, 1.165) is 9.32 Å². The molecule has 1 aliphatic heterocycles. The molecule has 18 heavy (non-hydrogen) atoms. The van der Waals surface area contributed by atoms with Gasteiger partial charge in [-0.3, -0.25) is 4.79 Å². The highest BCUT2D eigenvalue weighted by Crippen LogP contribution is 2.28. The zero-order valence-electron chi connectivity index (χ0n) is 9.48. The van der Waals surface area contributed by atoms with Gasteiger partial charge < -0.3 is 10.4 Å². The average Bonchev–Trinajstić information content (AvgIpc) is 2.79. The van der Waals surface area contributed by atoms with Crippen LogP contribution in [0.5, 0.6) is 0 Å². The van der Waals surface area contributed by atoms with Gasteiger partial charge in [-0.25, -0.2) is 4.79 Å². The van der Waals surface area contributed by atoms with Crippen LogP contribution in [0.4, 0.5) is 0 Å². The Balaban J connectivity index is 2.21. The van der Waals surface area contributed by atoms with Crippen molar-refractivity contribution in [1.29, 1.82) is 0 Å². The fraction of sp³-hybridized carbons (Fsp3) is 0.333. The summed E-state index contributed by atoms with van der Waals surface area (Å²) in [7, 11) is 0. The third kappa shape index (κ3) is 2.64. The quantitative estimate of drug-likeness (QED) is 0.791. The minimum Gasteiger partial charge on any atom is -0.479 e. The molecule has 0 saturated carbocycles. The van der Waals surface area contributed by atoms with Crippen LogP contribution in [0.25, 0.3) is 0 Å². The first-order valence-electron chi connectivity index (χ1n) is 5.43. The molecule has 96 valence electrons. The Morgan fingerprint density at radius 2 is 2.11 bits per heavy atom. The molecule has 1 unspecified atom stereocenters. The van der Waals surface area contributed by atoms with Gasteiger partial charge in [-0.2, -0.15) is 11.8 Å². The molecule has 0 radical (unpaired) electrons. The van der Waals surface area contributed by atoms with E-state index in [1.807, 2.05) is 12.1 Å². The van der Waals surface area contributed by atoms with Gasteiger partial charge in [-0.05, 0) is 46.9 Å². The van der Waals surface area contributed by atoms with E-state index in [1.54, 1.807) is 23.9 Å². The molecule has 1 aliphatic rings. The molecule has 2 rings (SSSR count). The summed E-state index contributed by atoms with van der Waals surface area (Å²) < 4.78 is 0.818. The summed E-state index contributed by atoms with van der Waals surface area (Å²) in [6.07, 6.45) is 0.474. The number of thioether (sulfide) groups is 1. The lowest BCUT2D eigenvalue weighted by atomic mass is 9.98. The van der Waals surface area contributed by atoms with Crippen LogP contribution in [0.1, 0.15) is 16.8 Å². The van der Waals surface area contributed by atoms with Gasteiger partial charge in [0.15, 0.2) is 0 Å². The van der Waals surface area contributed by atoms with Crippen LogP contribution in [0.15, 0.2) is 24.3 Å². The van der Waals surface area contributed by atoms with Crippen molar-refractivity contribution in [3.63, 3.8) is 0 Å². The summed E-state index contributed by atoms with van der Waals surface area (Å²) in [5, 5.41) is 12.0. The van der Waals surface area contributed by atoms with Crippen LogP contribution in [0.2, 0.25) is 0 Å². The van der Waals surface area contributed by atoms with Crippen molar-refractivity contribution in [3.05, 3.63) is 33.4 Å². The van der Waals surface area contributed by atoms with Gasteiger partial charge >= 0.3 is 5.97 Å². The maximum Gasteiger partial charge on any atom is 0.330 e. The summed E-state index contributed by atoms with van der Waals surface area (Å²) in [4.78, 5) is 23.5. The number of rotatable bonds is 3. The Morgan fingerprint density at radius 1 is 1.39 bits per heavy atom. The third-order valence-electron chi connectivity index (χ3n) is 2.90. The second-order valence-corrected chi connectivity index (χ2v) is 6.39. The minimum atomic E-state index is -1.11. The number of benzene rings is 1. The predicted molar refractivity (Wildman–Crippen MR) is 78.9 cm³/mol. The van der Waals surface area contributed by atoms with Gasteiger partial charge in [-0.1, -0.05) is 12.1 Å². The van der Waals surface area contributed by atoms with E-state index >= 15 is 0 Å². The van der Waals surface area contributed by atoms with Gasteiger partial charge in [0.1, 0.15) is 5.54 Å². The van der Waals surface area contributed by atoms with Crippen LogP contribution in [-0.4, -0.2) is 34.0 Å². The molecular formula is C12H12INO3S. The summed E-state index contributed by atoms with van der Waals surface area (Å²) in [6, 6.07) is 7.14. The maximum absolute atomic E-state index is 12.1. The first-order chi connectivity index (χ1) is 8.55. The van der Waals surface area contributed by atoms with Crippen LogP contribution in [0.3, 0.4) is 0 Å². The average molecular weight is 377 g/mol. The highest BCUT2D eigenvalue weighted by Gasteiger charge is 2.43. The first-order valence-corrected chi connectivity index (χ1v) is 7.67. The lowest BCUT2D eigenvalue weighted by molar-refractivity contribution is -0.143. The molecule has 1 aromatic rings. The predicted octanol–water partition coefficient (Wildman–Crippen LogP) is 1.98. The van der Waals surface area contributed by atoms with Crippen LogP contribution in [-0.2, 0) is 4.79 Å². The van der Waals surface area contributed by atoms with Gasteiger partial charge in [0.05, 0.1) is 5.56 Å². The number of amides is 1. The molecule has 2 N–H and O–H groups in total. The summed E-state index contributed by atoms with van der Waals surface area (Å²) in [5.74, 6) is -0.0765. The molecule has 1 saturated heterocycles. The number of carbonyl (C=O) groups is 2. The largest absolute Gasteiger partial charge is 0.479 e. The number of hydrogen-bond acceptors (Lipinski definition) is 3. The van der Waals surface area contributed by atoms with Crippen molar-refractivity contribution in [2.24, 2.45) is 0 Å². The highest BCUT2D eigenvalue weighted by atomic mass is 127. The van der Waals surface area contributed by atoms with Gasteiger partial charge in [0.25, 0.3) is 5.91 Å². The molecule has 0 bridgehead atoms. The smallest absolute Gasteiger partial charge is 0.330 e. The van der Waals surface area contributed by atoms with E-state index in [1.165, 1.54) is 0 Å². The molecule has 4 nitrogen and oxygen atoms in total. The molecule has 1 atom stereocenters. The third-order valence-corrected chi connectivity index (χ3v) is 5.03. The summed E-state index contributed by atoms with van der Waals surface area (Å²) in [5.41, 5.74) is -0.587. The molecule has 1 aromatic carbocycles. The molecule has 6 heteroatoms. The lowest BCUT2D eigenvalue weighted by Gasteiger charge is -2.24.